The van der Waals surface area contributed by atoms with Gasteiger partial charge in [0.15, 0.2) is 0 Å². The lowest BCUT2D eigenvalue weighted by molar-refractivity contribution is -0.123. The molecule has 0 radical (unpaired) electrons. The molecule has 3 nitrogen and oxygen atoms in total. The zero-order valence-corrected chi connectivity index (χ0v) is 9.23. The van der Waals surface area contributed by atoms with Crippen LogP contribution in [0, 0.1) is 5.92 Å². The number of carbonyl (C=O) groups is 1. The van der Waals surface area contributed by atoms with Crippen molar-refractivity contribution in [2.75, 3.05) is 0 Å². The third-order valence-electron chi connectivity index (χ3n) is 2.80. The standard InChI is InChI=1S/C12H18N2O/c1-3-9(2)11(12(15)14-13)10-7-5-4-6-8-10/h4-9,11H,3,13H2,1-2H3,(H,14,15). The molecule has 1 aromatic rings. The number of nitrogens with one attached hydrogen (secondary N) is 1. The Balaban J connectivity index is 2.96. The van der Waals surface area contributed by atoms with Crippen LogP contribution in [0.25, 0.3) is 0 Å². The first-order valence-electron chi connectivity index (χ1n) is 5.26. The maximum absolute atomic E-state index is 11.7. The van der Waals surface area contributed by atoms with Crippen LogP contribution in [-0.4, -0.2) is 5.91 Å². The lowest BCUT2D eigenvalue weighted by Crippen LogP contribution is -2.37. The molecule has 2 atom stereocenters. The Morgan fingerprint density at radius 1 is 1.40 bits per heavy atom. The summed E-state index contributed by atoms with van der Waals surface area (Å²) in [7, 11) is 0. The molecule has 15 heavy (non-hydrogen) atoms. The summed E-state index contributed by atoms with van der Waals surface area (Å²) in [6.45, 7) is 4.14. The maximum atomic E-state index is 11.7. The number of benzene rings is 1. The molecule has 1 rings (SSSR count). The fourth-order valence-electron chi connectivity index (χ4n) is 1.72. The van der Waals surface area contributed by atoms with Crippen LogP contribution in [0.15, 0.2) is 30.3 Å². The van der Waals surface area contributed by atoms with Gasteiger partial charge in [0.1, 0.15) is 0 Å². The number of hydrogen-bond donors (Lipinski definition) is 2. The van der Waals surface area contributed by atoms with Gasteiger partial charge in [-0.1, -0.05) is 50.6 Å². The number of amides is 1. The van der Waals surface area contributed by atoms with E-state index in [4.69, 9.17) is 5.84 Å². The van der Waals surface area contributed by atoms with Gasteiger partial charge < -0.3 is 0 Å². The molecule has 82 valence electrons. The third kappa shape index (κ3) is 2.80. The quantitative estimate of drug-likeness (QED) is 0.448. The van der Waals surface area contributed by atoms with E-state index in [-0.39, 0.29) is 17.7 Å². The molecule has 0 saturated heterocycles. The highest BCUT2D eigenvalue weighted by atomic mass is 16.2. The van der Waals surface area contributed by atoms with Crippen LogP contribution in [0.1, 0.15) is 31.7 Å². The molecule has 3 N–H and O–H groups in total. The Morgan fingerprint density at radius 2 is 2.00 bits per heavy atom. The van der Waals surface area contributed by atoms with Crippen LogP contribution in [0.5, 0.6) is 0 Å². The van der Waals surface area contributed by atoms with Crippen molar-refractivity contribution < 1.29 is 4.79 Å². The Bertz CT molecular complexity index is 311. The molecule has 0 saturated carbocycles. The predicted octanol–water partition coefficient (Wildman–Crippen LogP) is 1.81. The van der Waals surface area contributed by atoms with E-state index >= 15 is 0 Å². The predicted molar refractivity (Wildman–Crippen MR) is 61.0 cm³/mol. The van der Waals surface area contributed by atoms with Crippen molar-refractivity contribution in [2.24, 2.45) is 11.8 Å². The summed E-state index contributed by atoms with van der Waals surface area (Å²) in [6, 6.07) is 9.75. The van der Waals surface area contributed by atoms with E-state index in [0.29, 0.717) is 0 Å². The molecule has 0 bridgehead atoms. The first-order valence-corrected chi connectivity index (χ1v) is 5.26. The third-order valence-corrected chi connectivity index (χ3v) is 2.80. The molecular weight excluding hydrogens is 188 g/mol. The maximum Gasteiger partial charge on any atom is 0.241 e. The topological polar surface area (TPSA) is 55.1 Å². The molecule has 1 aromatic carbocycles. The average Bonchev–Trinajstić information content (AvgIpc) is 2.30. The summed E-state index contributed by atoms with van der Waals surface area (Å²) in [6.07, 6.45) is 0.951. The van der Waals surface area contributed by atoms with E-state index in [2.05, 4.69) is 19.3 Å². The van der Waals surface area contributed by atoms with Gasteiger partial charge in [0.05, 0.1) is 5.92 Å². The summed E-state index contributed by atoms with van der Waals surface area (Å²) in [5, 5.41) is 0. The highest BCUT2D eigenvalue weighted by Crippen LogP contribution is 2.26. The van der Waals surface area contributed by atoms with E-state index in [1.165, 1.54) is 0 Å². The molecule has 0 aromatic heterocycles. The summed E-state index contributed by atoms with van der Waals surface area (Å²) >= 11 is 0. The normalized spacial score (nSPS) is 14.3. The van der Waals surface area contributed by atoms with Crippen LogP contribution in [0.4, 0.5) is 0 Å². The van der Waals surface area contributed by atoms with Gasteiger partial charge in [0, 0.05) is 0 Å². The second-order valence-electron chi connectivity index (χ2n) is 3.78. The van der Waals surface area contributed by atoms with Crippen molar-refractivity contribution in [3.05, 3.63) is 35.9 Å². The summed E-state index contributed by atoms with van der Waals surface area (Å²) in [5.74, 6) is 5.22. The minimum absolute atomic E-state index is 0.115. The van der Waals surface area contributed by atoms with Gasteiger partial charge in [0.2, 0.25) is 5.91 Å². The van der Waals surface area contributed by atoms with Crippen LogP contribution < -0.4 is 11.3 Å². The number of rotatable bonds is 4. The van der Waals surface area contributed by atoms with E-state index in [1.807, 2.05) is 30.3 Å². The largest absolute Gasteiger partial charge is 0.294 e. The van der Waals surface area contributed by atoms with Gasteiger partial charge in [-0.2, -0.15) is 0 Å². The highest BCUT2D eigenvalue weighted by Gasteiger charge is 2.24. The summed E-state index contributed by atoms with van der Waals surface area (Å²) in [5.41, 5.74) is 3.26. The second kappa shape index (κ2) is 5.51. The van der Waals surface area contributed by atoms with Crippen molar-refractivity contribution in [2.45, 2.75) is 26.2 Å². The number of hydrazine groups is 1. The zero-order chi connectivity index (χ0) is 11.3. The average molecular weight is 206 g/mol. The minimum atomic E-state index is -0.152. The highest BCUT2D eigenvalue weighted by molar-refractivity contribution is 5.83. The van der Waals surface area contributed by atoms with Gasteiger partial charge in [0.25, 0.3) is 0 Å². The number of hydrogen-bond acceptors (Lipinski definition) is 2. The molecule has 0 spiro atoms. The summed E-state index contributed by atoms with van der Waals surface area (Å²) < 4.78 is 0. The van der Waals surface area contributed by atoms with Crippen LogP contribution >= 0.6 is 0 Å². The van der Waals surface area contributed by atoms with Crippen molar-refractivity contribution in [1.82, 2.24) is 5.43 Å². The van der Waals surface area contributed by atoms with E-state index < -0.39 is 0 Å². The first-order chi connectivity index (χ1) is 7.20. The Kier molecular flexibility index (Phi) is 4.31. The SMILES string of the molecule is CCC(C)C(C(=O)NN)c1ccccc1. The smallest absolute Gasteiger partial charge is 0.241 e. The lowest BCUT2D eigenvalue weighted by atomic mass is 9.85. The second-order valence-corrected chi connectivity index (χ2v) is 3.78. The van der Waals surface area contributed by atoms with E-state index in [0.717, 1.165) is 12.0 Å². The lowest BCUT2D eigenvalue weighted by Gasteiger charge is -2.21. The van der Waals surface area contributed by atoms with E-state index in [1.54, 1.807) is 0 Å². The number of carbonyl (C=O) groups excluding carboxylic acids is 1. The van der Waals surface area contributed by atoms with Crippen LogP contribution in [0.2, 0.25) is 0 Å². The van der Waals surface area contributed by atoms with Gasteiger partial charge in [-0.3, -0.25) is 10.2 Å². The monoisotopic (exact) mass is 206 g/mol. The Morgan fingerprint density at radius 3 is 2.47 bits per heavy atom. The molecule has 2 unspecified atom stereocenters. The first kappa shape index (κ1) is 11.7. The van der Waals surface area contributed by atoms with Crippen LogP contribution in [0.3, 0.4) is 0 Å². The van der Waals surface area contributed by atoms with Gasteiger partial charge in [-0.25, -0.2) is 5.84 Å². The molecule has 0 aliphatic rings. The van der Waals surface area contributed by atoms with Crippen molar-refractivity contribution in [1.29, 1.82) is 0 Å². The Labute approximate surface area is 90.6 Å². The van der Waals surface area contributed by atoms with Gasteiger partial charge in [-0.15, -0.1) is 0 Å². The summed E-state index contributed by atoms with van der Waals surface area (Å²) in [4.78, 5) is 11.7. The van der Waals surface area contributed by atoms with Crippen LogP contribution in [-0.2, 0) is 4.79 Å². The fourth-order valence-corrected chi connectivity index (χ4v) is 1.72. The van der Waals surface area contributed by atoms with Gasteiger partial charge in [-0.05, 0) is 11.5 Å². The van der Waals surface area contributed by atoms with Gasteiger partial charge >= 0.3 is 0 Å². The molecule has 0 aliphatic carbocycles. The van der Waals surface area contributed by atoms with Crippen molar-refractivity contribution in [3.63, 3.8) is 0 Å². The zero-order valence-electron chi connectivity index (χ0n) is 9.23. The van der Waals surface area contributed by atoms with Crippen molar-refractivity contribution in [3.8, 4) is 0 Å². The van der Waals surface area contributed by atoms with Crippen molar-refractivity contribution >= 4 is 5.91 Å². The Hall–Kier alpha value is -1.35. The minimum Gasteiger partial charge on any atom is -0.294 e. The number of nitrogens with two attached hydrogens (primary N) is 1. The fraction of sp³-hybridized carbons (Fsp3) is 0.417. The molecule has 1 amide bonds. The molecule has 0 aliphatic heterocycles. The molecule has 0 fully saturated rings. The van der Waals surface area contributed by atoms with E-state index in [9.17, 15) is 4.79 Å². The molecule has 0 heterocycles. The molecular formula is C12H18N2O. The molecule has 3 heteroatoms.